The van der Waals surface area contributed by atoms with E-state index in [1.165, 1.54) is 16.0 Å². The SMILES string of the molecule is Cc1c(NC(=O)c2sc3nc(-c4ccccc4)cc(-c4ccccc4)c3c2N)c(=O)n(-c2ccccc2)n1C. The number of para-hydroxylation sites is 1. The minimum absolute atomic E-state index is 0.212. The largest absolute Gasteiger partial charge is 0.397 e. The van der Waals surface area contributed by atoms with Crippen LogP contribution in [0.3, 0.4) is 0 Å². The second kappa shape index (κ2) is 9.74. The standard InChI is InChI=1S/C31H25N5O2S/c1-19-27(31(38)36(35(19)2)22-16-10-5-11-17-22)34-29(37)28-26(32)25-23(20-12-6-3-7-13-20)18-24(33-30(25)39-28)21-14-8-4-9-15-21/h3-18H,32H2,1-2H3,(H,34,37). The van der Waals surface area contributed by atoms with Gasteiger partial charge in [-0.3, -0.25) is 14.3 Å². The van der Waals surface area contributed by atoms with Crippen molar-refractivity contribution in [2.24, 2.45) is 7.05 Å². The van der Waals surface area contributed by atoms with Crippen molar-refractivity contribution in [2.45, 2.75) is 6.92 Å². The van der Waals surface area contributed by atoms with Crippen molar-refractivity contribution in [1.82, 2.24) is 14.3 Å². The van der Waals surface area contributed by atoms with Crippen LogP contribution < -0.4 is 16.6 Å². The van der Waals surface area contributed by atoms with Crippen molar-refractivity contribution < 1.29 is 4.79 Å². The third-order valence-electron chi connectivity index (χ3n) is 6.85. The van der Waals surface area contributed by atoms with Crippen LogP contribution in [0, 0.1) is 6.92 Å². The second-order valence-corrected chi connectivity index (χ2v) is 10.2. The number of nitrogen functional groups attached to an aromatic ring is 1. The number of benzene rings is 3. The molecule has 3 N–H and O–H groups in total. The van der Waals surface area contributed by atoms with Crippen molar-refractivity contribution in [3.05, 3.63) is 118 Å². The minimum atomic E-state index is -0.443. The summed E-state index contributed by atoms with van der Waals surface area (Å²) < 4.78 is 3.25. The predicted molar refractivity (Wildman–Crippen MR) is 159 cm³/mol. The van der Waals surface area contributed by atoms with Crippen LogP contribution in [-0.2, 0) is 7.05 Å². The van der Waals surface area contributed by atoms with Gasteiger partial charge in [-0.15, -0.1) is 11.3 Å². The number of pyridine rings is 1. The first-order chi connectivity index (χ1) is 18.9. The van der Waals surface area contributed by atoms with E-state index < -0.39 is 5.91 Å². The van der Waals surface area contributed by atoms with E-state index >= 15 is 0 Å². The molecule has 6 rings (SSSR count). The van der Waals surface area contributed by atoms with E-state index in [0.717, 1.165) is 27.8 Å². The number of hydrogen-bond acceptors (Lipinski definition) is 5. The number of fused-ring (bicyclic) bond motifs is 1. The molecule has 3 heterocycles. The fraction of sp³-hybridized carbons (Fsp3) is 0.0645. The summed E-state index contributed by atoms with van der Waals surface area (Å²) in [6, 6.07) is 31.1. The topological polar surface area (TPSA) is 94.9 Å². The lowest BCUT2D eigenvalue weighted by atomic mass is 9.99. The summed E-state index contributed by atoms with van der Waals surface area (Å²) in [5, 5.41) is 3.57. The lowest BCUT2D eigenvalue weighted by Crippen LogP contribution is -2.22. The summed E-state index contributed by atoms with van der Waals surface area (Å²) in [5.74, 6) is -0.443. The smallest absolute Gasteiger partial charge is 0.295 e. The molecule has 7 nitrogen and oxygen atoms in total. The van der Waals surface area contributed by atoms with Gasteiger partial charge in [-0.05, 0) is 36.2 Å². The van der Waals surface area contributed by atoms with Gasteiger partial charge in [-0.2, -0.15) is 0 Å². The lowest BCUT2D eigenvalue weighted by molar-refractivity contribution is 0.103. The Balaban J connectivity index is 1.47. The molecule has 3 aromatic heterocycles. The molecule has 1 amide bonds. The Morgan fingerprint density at radius 2 is 1.49 bits per heavy atom. The zero-order valence-corrected chi connectivity index (χ0v) is 22.2. The predicted octanol–water partition coefficient (Wildman–Crippen LogP) is 6.26. The van der Waals surface area contributed by atoms with Gasteiger partial charge >= 0.3 is 0 Å². The maximum Gasteiger partial charge on any atom is 0.295 e. The molecule has 0 aliphatic rings. The number of nitrogens with zero attached hydrogens (tertiary/aromatic N) is 3. The fourth-order valence-electron chi connectivity index (χ4n) is 4.77. The van der Waals surface area contributed by atoms with Gasteiger partial charge < -0.3 is 11.1 Å². The number of rotatable bonds is 5. The van der Waals surface area contributed by atoms with Crippen molar-refractivity contribution in [3.8, 4) is 28.1 Å². The van der Waals surface area contributed by atoms with Gasteiger partial charge in [0.2, 0.25) is 0 Å². The molecule has 192 valence electrons. The average molecular weight is 532 g/mol. The molecule has 0 unspecified atom stereocenters. The molecule has 0 aliphatic heterocycles. The Bertz CT molecular complexity index is 1890. The summed E-state index contributed by atoms with van der Waals surface area (Å²) in [6.45, 7) is 1.80. The van der Waals surface area contributed by atoms with Crippen LogP contribution in [0.1, 0.15) is 15.4 Å². The van der Waals surface area contributed by atoms with Gasteiger partial charge in [0, 0.05) is 18.0 Å². The molecule has 0 bridgehead atoms. The number of anilines is 2. The number of nitrogens with one attached hydrogen (secondary N) is 1. The number of aromatic nitrogens is 3. The van der Waals surface area contributed by atoms with Crippen LogP contribution in [-0.4, -0.2) is 20.3 Å². The Morgan fingerprint density at radius 3 is 2.13 bits per heavy atom. The van der Waals surface area contributed by atoms with E-state index in [2.05, 4.69) is 5.32 Å². The number of nitrogens with two attached hydrogens (primary N) is 1. The van der Waals surface area contributed by atoms with E-state index in [9.17, 15) is 9.59 Å². The molecule has 0 saturated carbocycles. The number of hydrogen-bond donors (Lipinski definition) is 2. The minimum Gasteiger partial charge on any atom is -0.397 e. The highest BCUT2D eigenvalue weighted by Gasteiger charge is 2.24. The average Bonchev–Trinajstić information content (AvgIpc) is 3.42. The van der Waals surface area contributed by atoms with Gasteiger partial charge in [-0.25, -0.2) is 9.67 Å². The molecule has 6 aromatic rings. The molecule has 0 saturated heterocycles. The summed E-state index contributed by atoms with van der Waals surface area (Å²) in [4.78, 5) is 32.8. The zero-order chi connectivity index (χ0) is 27.1. The third-order valence-corrected chi connectivity index (χ3v) is 7.95. The van der Waals surface area contributed by atoms with Gasteiger partial charge in [0.25, 0.3) is 11.5 Å². The Kier molecular flexibility index (Phi) is 6.09. The normalized spacial score (nSPS) is 11.1. The zero-order valence-electron chi connectivity index (χ0n) is 21.4. The van der Waals surface area contributed by atoms with Gasteiger partial charge in [-0.1, -0.05) is 78.9 Å². The van der Waals surface area contributed by atoms with E-state index in [1.54, 1.807) is 18.7 Å². The molecular formula is C31H25N5O2S. The first kappa shape index (κ1) is 24.4. The lowest BCUT2D eigenvalue weighted by Gasteiger charge is -2.09. The number of amides is 1. The Labute approximate surface area is 228 Å². The van der Waals surface area contributed by atoms with E-state index in [-0.39, 0.29) is 11.2 Å². The maximum atomic E-state index is 13.6. The fourth-order valence-corrected chi connectivity index (χ4v) is 5.79. The second-order valence-electron chi connectivity index (χ2n) is 9.20. The molecule has 0 radical (unpaired) electrons. The Hall–Kier alpha value is -4.95. The molecule has 0 spiro atoms. The first-order valence-corrected chi connectivity index (χ1v) is 13.2. The van der Waals surface area contributed by atoms with Crippen LogP contribution in [0.2, 0.25) is 0 Å². The Morgan fingerprint density at radius 1 is 0.897 bits per heavy atom. The summed E-state index contributed by atoms with van der Waals surface area (Å²) in [5.41, 5.74) is 11.9. The van der Waals surface area contributed by atoms with E-state index in [1.807, 2.05) is 97.1 Å². The van der Waals surface area contributed by atoms with Crippen LogP contribution >= 0.6 is 11.3 Å². The molecule has 0 aliphatic carbocycles. The first-order valence-electron chi connectivity index (χ1n) is 12.4. The highest BCUT2D eigenvalue weighted by atomic mass is 32.1. The van der Waals surface area contributed by atoms with Gasteiger partial charge in [0.1, 0.15) is 15.4 Å². The van der Waals surface area contributed by atoms with Crippen LogP contribution in [0.15, 0.2) is 102 Å². The van der Waals surface area contributed by atoms with Crippen molar-refractivity contribution in [2.75, 3.05) is 11.1 Å². The molecule has 3 aromatic carbocycles. The van der Waals surface area contributed by atoms with Crippen molar-refractivity contribution in [1.29, 1.82) is 0 Å². The van der Waals surface area contributed by atoms with Crippen LogP contribution in [0.4, 0.5) is 11.4 Å². The highest BCUT2D eigenvalue weighted by molar-refractivity contribution is 7.21. The van der Waals surface area contributed by atoms with Crippen LogP contribution in [0.25, 0.3) is 38.3 Å². The highest BCUT2D eigenvalue weighted by Crippen LogP contribution is 2.41. The molecule has 0 fully saturated rings. The van der Waals surface area contributed by atoms with Gasteiger partial charge in [0.15, 0.2) is 0 Å². The quantitative estimate of drug-likeness (QED) is 0.274. The molecule has 39 heavy (non-hydrogen) atoms. The number of carbonyl (C=O) groups is 1. The number of thiophene rings is 1. The molecule has 8 heteroatoms. The summed E-state index contributed by atoms with van der Waals surface area (Å²) >= 11 is 1.22. The van der Waals surface area contributed by atoms with E-state index in [0.29, 0.717) is 26.8 Å². The van der Waals surface area contributed by atoms with Crippen molar-refractivity contribution >= 4 is 38.8 Å². The monoisotopic (exact) mass is 531 g/mol. The van der Waals surface area contributed by atoms with Crippen molar-refractivity contribution in [3.63, 3.8) is 0 Å². The molecular weight excluding hydrogens is 506 g/mol. The maximum absolute atomic E-state index is 13.6. The summed E-state index contributed by atoms with van der Waals surface area (Å²) in [6.07, 6.45) is 0. The van der Waals surface area contributed by atoms with E-state index in [4.69, 9.17) is 10.7 Å². The summed E-state index contributed by atoms with van der Waals surface area (Å²) in [7, 11) is 1.79. The molecule has 0 atom stereocenters. The third kappa shape index (κ3) is 4.20. The number of carbonyl (C=O) groups excluding carboxylic acids is 1. The van der Waals surface area contributed by atoms with Gasteiger partial charge in [0.05, 0.1) is 22.8 Å². The van der Waals surface area contributed by atoms with Crippen LogP contribution in [0.5, 0.6) is 0 Å².